The molecule has 0 amide bonds. The first-order valence-corrected chi connectivity index (χ1v) is 7.61. The average molecular weight is 364 g/mol. The van der Waals surface area contributed by atoms with E-state index in [1.807, 2.05) is 0 Å². The largest absolute Gasteiger partial charge is 0.482 e. The van der Waals surface area contributed by atoms with Crippen LogP contribution in [0.5, 0.6) is 5.75 Å². The fraction of sp³-hybridized carbons (Fsp3) is 0.176. The lowest BCUT2D eigenvalue weighted by molar-refractivity contribution is -0.384. The number of nitro benzene ring substituents is 1. The van der Waals surface area contributed by atoms with E-state index in [0.29, 0.717) is 10.6 Å². The third kappa shape index (κ3) is 5.29. The van der Waals surface area contributed by atoms with Gasteiger partial charge in [-0.3, -0.25) is 14.9 Å². The number of benzene rings is 2. The molecule has 8 heteroatoms. The number of nitro groups is 1. The van der Waals surface area contributed by atoms with Gasteiger partial charge in [-0.25, -0.2) is 4.79 Å². The van der Waals surface area contributed by atoms with Crippen LogP contribution in [0.2, 0.25) is 5.02 Å². The van der Waals surface area contributed by atoms with Gasteiger partial charge in [-0.15, -0.1) is 0 Å². The van der Waals surface area contributed by atoms with Crippen LogP contribution in [0.1, 0.15) is 17.3 Å². The van der Waals surface area contributed by atoms with Gasteiger partial charge in [0, 0.05) is 22.7 Å². The number of ether oxygens (including phenoxy) is 2. The van der Waals surface area contributed by atoms with Crippen LogP contribution < -0.4 is 4.74 Å². The third-order valence-electron chi connectivity index (χ3n) is 3.21. The molecule has 0 N–H and O–H groups in total. The van der Waals surface area contributed by atoms with Gasteiger partial charge in [0.15, 0.2) is 12.7 Å². The molecule has 130 valence electrons. The zero-order chi connectivity index (χ0) is 18.4. The standard InChI is InChI=1S/C17H14ClNO6/c1-11(17(21)12-2-4-13(18)5-3-12)25-16(20)10-24-15-8-6-14(7-9-15)19(22)23/h2-9,11H,10H2,1H3/t11-/m0/s1. The lowest BCUT2D eigenvalue weighted by Crippen LogP contribution is -2.27. The first-order valence-electron chi connectivity index (χ1n) is 7.23. The number of nitrogens with zero attached hydrogens (tertiary/aromatic N) is 1. The lowest BCUT2D eigenvalue weighted by atomic mass is 10.1. The van der Waals surface area contributed by atoms with E-state index in [9.17, 15) is 19.7 Å². The Hall–Kier alpha value is -2.93. The molecule has 0 radical (unpaired) electrons. The Morgan fingerprint density at radius 2 is 1.72 bits per heavy atom. The molecule has 0 aliphatic rings. The molecule has 0 aromatic heterocycles. The minimum absolute atomic E-state index is 0.0860. The van der Waals surface area contributed by atoms with Gasteiger partial charge >= 0.3 is 5.97 Å². The van der Waals surface area contributed by atoms with Crippen LogP contribution in [-0.2, 0) is 9.53 Å². The van der Waals surface area contributed by atoms with E-state index < -0.39 is 23.6 Å². The Balaban J connectivity index is 1.85. The van der Waals surface area contributed by atoms with Crippen molar-refractivity contribution >= 4 is 29.0 Å². The first kappa shape index (κ1) is 18.4. The van der Waals surface area contributed by atoms with Crippen molar-refractivity contribution in [2.45, 2.75) is 13.0 Å². The minimum Gasteiger partial charge on any atom is -0.482 e. The summed E-state index contributed by atoms with van der Waals surface area (Å²) in [5.41, 5.74) is 0.290. The molecule has 25 heavy (non-hydrogen) atoms. The summed E-state index contributed by atoms with van der Waals surface area (Å²) in [7, 11) is 0. The van der Waals surface area contributed by atoms with Crippen LogP contribution in [0.25, 0.3) is 0 Å². The molecule has 7 nitrogen and oxygen atoms in total. The highest BCUT2D eigenvalue weighted by molar-refractivity contribution is 6.30. The second kappa shape index (κ2) is 8.25. The summed E-state index contributed by atoms with van der Waals surface area (Å²) in [5.74, 6) is -0.812. The molecular formula is C17H14ClNO6. The zero-order valence-corrected chi connectivity index (χ0v) is 13.9. The topological polar surface area (TPSA) is 95.7 Å². The number of ketones is 1. The van der Waals surface area contributed by atoms with Gasteiger partial charge in [-0.2, -0.15) is 0 Å². The number of rotatable bonds is 7. The minimum atomic E-state index is -0.978. The predicted molar refractivity (Wildman–Crippen MR) is 89.9 cm³/mol. The maximum absolute atomic E-state index is 12.1. The van der Waals surface area contributed by atoms with Gasteiger partial charge in [-0.1, -0.05) is 11.6 Å². The van der Waals surface area contributed by atoms with E-state index in [0.717, 1.165) is 0 Å². The van der Waals surface area contributed by atoms with Gasteiger partial charge in [0.25, 0.3) is 5.69 Å². The van der Waals surface area contributed by atoms with Crippen molar-refractivity contribution in [3.05, 3.63) is 69.2 Å². The van der Waals surface area contributed by atoms with Crippen LogP contribution >= 0.6 is 11.6 Å². The summed E-state index contributed by atoms with van der Waals surface area (Å²) in [5, 5.41) is 11.0. The lowest BCUT2D eigenvalue weighted by Gasteiger charge is -2.13. The second-order valence-corrected chi connectivity index (χ2v) is 5.48. The van der Waals surface area contributed by atoms with Crippen molar-refractivity contribution < 1.29 is 24.0 Å². The predicted octanol–water partition coefficient (Wildman–Crippen LogP) is 3.44. The highest BCUT2D eigenvalue weighted by Crippen LogP contribution is 2.17. The number of esters is 1. The Bertz CT molecular complexity index is 773. The number of hydrogen-bond acceptors (Lipinski definition) is 6. The number of carbonyl (C=O) groups excluding carboxylic acids is 2. The fourth-order valence-corrected chi connectivity index (χ4v) is 2.07. The molecule has 0 saturated carbocycles. The monoisotopic (exact) mass is 363 g/mol. The maximum Gasteiger partial charge on any atom is 0.344 e. The van der Waals surface area contributed by atoms with Crippen molar-refractivity contribution in [1.29, 1.82) is 0 Å². The maximum atomic E-state index is 12.1. The van der Waals surface area contributed by atoms with Crippen molar-refractivity contribution in [3.8, 4) is 5.75 Å². The summed E-state index contributed by atoms with van der Waals surface area (Å²) < 4.78 is 10.2. The summed E-state index contributed by atoms with van der Waals surface area (Å²) in [4.78, 5) is 33.9. The van der Waals surface area contributed by atoms with Crippen LogP contribution in [0.15, 0.2) is 48.5 Å². The molecular weight excluding hydrogens is 350 g/mol. The quantitative estimate of drug-likeness (QED) is 0.323. The van der Waals surface area contributed by atoms with Gasteiger partial charge < -0.3 is 9.47 Å². The Kier molecular flexibility index (Phi) is 6.08. The molecule has 0 spiro atoms. The highest BCUT2D eigenvalue weighted by Gasteiger charge is 2.19. The van der Waals surface area contributed by atoms with Gasteiger partial charge in [0.1, 0.15) is 5.75 Å². The molecule has 2 aromatic rings. The highest BCUT2D eigenvalue weighted by atomic mass is 35.5. The summed E-state index contributed by atoms with van der Waals surface area (Å²) in [6.45, 7) is 1.04. The van der Waals surface area contributed by atoms with Gasteiger partial charge in [0.05, 0.1) is 4.92 Å². The number of non-ortho nitro benzene ring substituents is 1. The summed E-state index contributed by atoms with van der Waals surface area (Å²) in [6.07, 6.45) is -0.978. The number of Topliss-reactive ketones (excluding diaryl/α,β-unsaturated/α-hetero) is 1. The van der Waals surface area contributed by atoms with E-state index in [2.05, 4.69) is 0 Å². The molecule has 0 heterocycles. The van der Waals surface area contributed by atoms with Gasteiger partial charge in [-0.05, 0) is 43.3 Å². The first-order chi connectivity index (χ1) is 11.9. The van der Waals surface area contributed by atoms with Crippen LogP contribution in [0.3, 0.4) is 0 Å². The smallest absolute Gasteiger partial charge is 0.344 e. The molecule has 0 saturated heterocycles. The zero-order valence-electron chi connectivity index (χ0n) is 13.2. The van der Waals surface area contributed by atoms with E-state index in [-0.39, 0.29) is 17.2 Å². The molecule has 0 unspecified atom stereocenters. The normalized spacial score (nSPS) is 11.4. The number of hydrogen-bond donors (Lipinski definition) is 0. The Morgan fingerprint density at radius 1 is 1.12 bits per heavy atom. The summed E-state index contributed by atoms with van der Waals surface area (Å²) >= 11 is 5.76. The Labute approximate surface area is 148 Å². The van der Waals surface area contributed by atoms with E-state index >= 15 is 0 Å². The number of halogens is 1. The van der Waals surface area contributed by atoms with Crippen molar-refractivity contribution in [2.24, 2.45) is 0 Å². The molecule has 0 fully saturated rings. The molecule has 0 aliphatic heterocycles. The van der Waals surface area contributed by atoms with E-state index in [1.165, 1.54) is 31.2 Å². The second-order valence-electron chi connectivity index (χ2n) is 5.04. The van der Waals surface area contributed by atoms with E-state index in [4.69, 9.17) is 21.1 Å². The van der Waals surface area contributed by atoms with Crippen LogP contribution in [-0.4, -0.2) is 29.4 Å². The SMILES string of the molecule is C[C@H](OC(=O)COc1ccc([N+](=O)[O-])cc1)C(=O)c1ccc(Cl)cc1. The molecule has 0 aliphatic carbocycles. The molecule has 1 atom stereocenters. The Morgan fingerprint density at radius 3 is 2.28 bits per heavy atom. The third-order valence-corrected chi connectivity index (χ3v) is 3.46. The van der Waals surface area contributed by atoms with Crippen molar-refractivity contribution in [2.75, 3.05) is 6.61 Å². The molecule has 2 rings (SSSR count). The van der Waals surface area contributed by atoms with Crippen molar-refractivity contribution in [3.63, 3.8) is 0 Å². The van der Waals surface area contributed by atoms with Gasteiger partial charge in [0.2, 0.25) is 5.78 Å². The molecule has 0 bridgehead atoms. The van der Waals surface area contributed by atoms with E-state index in [1.54, 1.807) is 24.3 Å². The van der Waals surface area contributed by atoms with Crippen molar-refractivity contribution in [1.82, 2.24) is 0 Å². The molecule has 2 aromatic carbocycles. The summed E-state index contributed by atoms with van der Waals surface area (Å²) in [6, 6.07) is 11.5. The fourth-order valence-electron chi connectivity index (χ4n) is 1.94. The number of carbonyl (C=O) groups is 2. The average Bonchev–Trinajstić information content (AvgIpc) is 2.60. The van der Waals surface area contributed by atoms with Crippen LogP contribution in [0, 0.1) is 10.1 Å². The van der Waals surface area contributed by atoms with Crippen LogP contribution in [0.4, 0.5) is 5.69 Å².